The second kappa shape index (κ2) is 22.0. The van der Waals surface area contributed by atoms with E-state index in [-0.39, 0.29) is 22.3 Å². The monoisotopic (exact) mass is 1180 g/mol. The van der Waals surface area contributed by atoms with Crippen molar-refractivity contribution in [3.63, 3.8) is 0 Å². The van der Waals surface area contributed by atoms with Gasteiger partial charge in [0, 0.05) is 40.3 Å². The maximum atomic E-state index is 17.3. The van der Waals surface area contributed by atoms with E-state index >= 15 is 35.1 Å². The molecule has 89 heavy (non-hydrogen) atoms. The molecule has 0 aromatic heterocycles. The number of anilines is 3. The summed E-state index contributed by atoms with van der Waals surface area (Å²) in [4.78, 5) is 1.86. The highest BCUT2D eigenvalue weighted by atomic mass is 19.2. The van der Waals surface area contributed by atoms with Gasteiger partial charge in [0.15, 0.2) is 34.9 Å². The minimum Gasteiger partial charge on any atom is -0.457 e. The topological polar surface area (TPSA) is 21.7 Å². The zero-order chi connectivity index (χ0) is 61.3. The number of fused-ring (bicyclic) bond motifs is 6. The van der Waals surface area contributed by atoms with Gasteiger partial charge in [-0.05, 0) is 163 Å². The van der Waals surface area contributed by atoms with E-state index in [0.29, 0.717) is 85.6 Å². The molecular formula is C78H47F8NO2. The molecule has 0 spiro atoms. The SMILES string of the molecule is C=Cc1ccc(Oc2ccc(C3(c4c(F)cc(F)c(F)c4F)c4ccccc4-c4ccc(N(c5ccc(-c6ccccc6)cc5)c5ccc6c(c5)C(c5ccc(Oc7ccc(C=C)cc7)cc5)(c5c(F)cc(F)c(F)c5F)c5ccccc5-6)cc43)cc2)cc1. The molecule has 0 amide bonds. The van der Waals surface area contributed by atoms with E-state index in [0.717, 1.165) is 22.3 Å². The van der Waals surface area contributed by atoms with Crippen molar-refractivity contribution >= 4 is 29.2 Å². The lowest BCUT2D eigenvalue weighted by Crippen LogP contribution is -2.32. The molecule has 12 aromatic carbocycles. The summed E-state index contributed by atoms with van der Waals surface area (Å²) in [5.74, 6) is -11.6. The first kappa shape index (κ1) is 55.8. The third-order valence-corrected chi connectivity index (χ3v) is 17.1. The predicted molar refractivity (Wildman–Crippen MR) is 334 cm³/mol. The minimum absolute atomic E-state index is 0.274. The molecule has 2 atom stereocenters. The van der Waals surface area contributed by atoms with Crippen molar-refractivity contribution in [2.45, 2.75) is 10.8 Å². The number of ether oxygens (including phenoxy) is 2. The average molecular weight is 1180 g/mol. The molecule has 14 rings (SSSR count). The Labute approximate surface area is 507 Å². The lowest BCUT2D eigenvalue weighted by atomic mass is 9.67. The zero-order valence-electron chi connectivity index (χ0n) is 47.0. The maximum absolute atomic E-state index is 17.3. The van der Waals surface area contributed by atoms with E-state index < -0.39 is 68.5 Å². The van der Waals surface area contributed by atoms with Crippen LogP contribution in [-0.2, 0) is 10.8 Å². The van der Waals surface area contributed by atoms with Gasteiger partial charge in [-0.25, -0.2) is 35.1 Å². The summed E-state index contributed by atoms with van der Waals surface area (Å²) < 4.78 is 145. The normalized spacial score (nSPS) is 15.1. The summed E-state index contributed by atoms with van der Waals surface area (Å²) in [7, 11) is 0. The Kier molecular flexibility index (Phi) is 13.8. The molecule has 3 nitrogen and oxygen atoms in total. The Morgan fingerprint density at radius 1 is 0.303 bits per heavy atom. The highest BCUT2D eigenvalue weighted by molar-refractivity contribution is 5.93. The van der Waals surface area contributed by atoms with Crippen LogP contribution in [0.2, 0.25) is 0 Å². The molecular weight excluding hydrogens is 1130 g/mol. The van der Waals surface area contributed by atoms with Crippen LogP contribution in [0.25, 0.3) is 45.5 Å². The zero-order valence-corrected chi connectivity index (χ0v) is 47.0. The smallest absolute Gasteiger partial charge is 0.194 e. The number of hydrogen-bond donors (Lipinski definition) is 0. The summed E-state index contributed by atoms with van der Waals surface area (Å²) in [5.41, 5.74) is 3.19. The van der Waals surface area contributed by atoms with Crippen LogP contribution < -0.4 is 14.4 Å². The lowest BCUT2D eigenvalue weighted by molar-refractivity contribution is 0.416. The first-order chi connectivity index (χ1) is 43.3. The van der Waals surface area contributed by atoms with Gasteiger partial charge < -0.3 is 14.4 Å². The predicted octanol–water partition coefficient (Wildman–Crippen LogP) is 21.5. The molecule has 0 heterocycles. The van der Waals surface area contributed by atoms with Crippen molar-refractivity contribution < 1.29 is 44.6 Å². The molecule has 0 N–H and O–H groups in total. The number of rotatable bonds is 14. The molecule has 2 unspecified atom stereocenters. The lowest BCUT2D eigenvalue weighted by Gasteiger charge is -2.36. The van der Waals surface area contributed by atoms with Crippen LogP contribution in [0.1, 0.15) is 55.6 Å². The van der Waals surface area contributed by atoms with Crippen molar-refractivity contribution in [2.24, 2.45) is 0 Å². The molecule has 0 saturated carbocycles. The van der Waals surface area contributed by atoms with E-state index in [9.17, 15) is 0 Å². The number of benzene rings is 12. The highest BCUT2D eigenvalue weighted by Gasteiger charge is 2.52. The van der Waals surface area contributed by atoms with Crippen molar-refractivity contribution in [2.75, 3.05) is 4.90 Å². The van der Waals surface area contributed by atoms with Crippen LogP contribution in [0.3, 0.4) is 0 Å². The van der Waals surface area contributed by atoms with Gasteiger partial charge in [0.2, 0.25) is 0 Å². The van der Waals surface area contributed by atoms with E-state index in [1.54, 1.807) is 158 Å². The minimum atomic E-state index is -2.03. The molecule has 0 fully saturated rings. The largest absolute Gasteiger partial charge is 0.457 e. The standard InChI is InChI=1S/C78H47F8NO2/c1-3-46-18-32-55(33-19-46)88-57-36-24-50(25-37-57)77(71-67(79)44-69(81)73(83)75(71)85)63-16-10-8-14-59(63)61-40-30-53(42-65(61)77)87(52-28-22-49(23-29-52)48-12-6-5-7-13-48)54-31-41-62-60-15-9-11-17-64(60)78(66(62)43-54,72-68(80)45-70(82)74(84)76(72)86)51-26-38-58(39-27-51)89-56-34-20-47(4-2)21-35-56/h3-45H,1-2H2. The Hall–Kier alpha value is -11.0. The van der Waals surface area contributed by atoms with Crippen molar-refractivity contribution in [1.82, 2.24) is 0 Å². The summed E-state index contributed by atoms with van der Waals surface area (Å²) in [6.07, 6.45) is 3.39. The first-order valence-corrected chi connectivity index (χ1v) is 28.4. The average Bonchev–Trinajstić information content (AvgIpc) is 1.57. The first-order valence-electron chi connectivity index (χ1n) is 28.4. The van der Waals surface area contributed by atoms with Crippen LogP contribution in [0.15, 0.2) is 262 Å². The van der Waals surface area contributed by atoms with Gasteiger partial charge in [0.1, 0.15) is 34.6 Å². The maximum Gasteiger partial charge on any atom is 0.194 e. The van der Waals surface area contributed by atoms with Gasteiger partial charge in [-0.1, -0.05) is 177 Å². The fourth-order valence-corrected chi connectivity index (χ4v) is 13.1. The van der Waals surface area contributed by atoms with E-state index in [1.807, 2.05) is 95.9 Å². The Morgan fingerprint density at radius 2 is 0.652 bits per heavy atom. The molecule has 0 saturated heterocycles. The fourth-order valence-electron chi connectivity index (χ4n) is 13.1. The quantitative estimate of drug-likeness (QED) is 0.0615. The molecule has 0 radical (unpaired) electrons. The van der Waals surface area contributed by atoms with Gasteiger partial charge in [0.05, 0.1) is 10.8 Å². The molecule has 432 valence electrons. The summed E-state index contributed by atoms with van der Waals surface area (Å²) in [5, 5.41) is 0. The Bertz CT molecular complexity index is 4520. The Morgan fingerprint density at radius 3 is 1.06 bits per heavy atom. The molecule has 11 heteroatoms. The van der Waals surface area contributed by atoms with Gasteiger partial charge in [0.25, 0.3) is 0 Å². The molecule has 2 aliphatic carbocycles. The van der Waals surface area contributed by atoms with Crippen molar-refractivity contribution in [3.8, 4) is 56.4 Å². The summed E-state index contributed by atoms with van der Waals surface area (Å²) >= 11 is 0. The third-order valence-electron chi connectivity index (χ3n) is 17.1. The second-order valence-electron chi connectivity index (χ2n) is 21.8. The van der Waals surface area contributed by atoms with Crippen LogP contribution >= 0.6 is 0 Å². The number of hydrogen-bond acceptors (Lipinski definition) is 3. The van der Waals surface area contributed by atoms with Crippen molar-refractivity contribution in [3.05, 3.63) is 364 Å². The fraction of sp³-hybridized carbons (Fsp3) is 0.0256. The molecule has 12 aromatic rings. The number of halogens is 8. The number of nitrogens with zero attached hydrogens (tertiary/aromatic N) is 1. The van der Waals surface area contributed by atoms with Crippen LogP contribution in [0, 0.1) is 46.5 Å². The van der Waals surface area contributed by atoms with Gasteiger partial charge in [-0.2, -0.15) is 0 Å². The molecule has 2 aliphatic rings. The van der Waals surface area contributed by atoms with E-state index in [2.05, 4.69) is 13.2 Å². The summed E-state index contributed by atoms with van der Waals surface area (Å²) in [6, 6.07) is 70.1. The van der Waals surface area contributed by atoms with Crippen LogP contribution in [0.5, 0.6) is 23.0 Å². The van der Waals surface area contributed by atoms with Gasteiger partial charge >= 0.3 is 0 Å². The third kappa shape index (κ3) is 9.02. The van der Waals surface area contributed by atoms with E-state index in [4.69, 9.17) is 9.47 Å². The second-order valence-corrected chi connectivity index (χ2v) is 21.8. The van der Waals surface area contributed by atoms with Crippen molar-refractivity contribution in [1.29, 1.82) is 0 Å². The van der Waals surface area contributed by atoms with Gasteiger partial charge in [-0.3, -0.25) is 0 Å². The van der Waals surface area contributed by atoms with E-state index in [1.165, 1.54) is 0 Å². The summed E-state index contributed by atoms with van der Waals surface area (Å²) in [6.45, 7) is 7.64. The van der Waals surface area contributed by atoms with Crippen LogP contribution in [-0.4, -0.2) is 0 Å². The molecule has 0 bridgehead atoms. The van der Waals surface area contributed by atoms with Crippen LogP contribution in [0.4, 0.5) is 52.2 Å². The van der Waals surface area contributed by atoms with Gasteiger partial charge in [-0.15, -0.1) is 0 Å². The Balaban J connectivity index is 1.01. The highest BCUT2D eigenvalue weighted by Crippen LogP contribution is 2.61. The molecule has 0 aliphatic heterocycles.